The average molecular weight is 130 g/mol. The second-order valence-corrected chi connectivity index (χ2v) is 1.94. The fourth-order valence-electron chi connectivity index (χ4n) is 0.569. The molecule has 0 aliphatic carbocycles. The van der Waals surface area contributed by atoms with Gasteiger partial charge in [0.2, 0.25) is 5.91 Å². The van der Waals surface area contributed by atoms with Gasteiger partial charge in [0.1, 0.15) is 0 Å². The Morgan fingerprint density at radius 2 is 2.11 bits per heavy atom. The number of carbonyl (C=O) groups is 1. The maximum atomic E-state index is 10.7. The maximum absolute atomic E-state index is 10.7. The molecule has 0 radical (unpaired) electrons. The molecule has 1 amide bonds. The van der Waals surface area contributed by atoms with E-state index in [0.29, 0.717) is 13.0 Å². The fourth-order valence-corrected chi connectivity index (χ4v) is 0.569. The lowest BCUT2D eigenvalue weighted by Gasteiger charge is -2.13. The van der Waals surface area contributed by atoms with Gasteiger partial charge in [-0.2, -0.15) is 0 Å². The molecule has 0 unspecified atom stereocenters. The van der Waals surface area contributed by atoms with Gasteiger partial charge in [0.05, 0.1) is 0 Å². The Kier molecular flexibility index (Phi) is 4.05. The third kappa shape index (κ3) is 3.08. The van der Waals surface area contributed by atoms with Crippen molar-refractivity contribution in [2.45, 2.75) is 26.7 Å². The zero-order valence-corrected chi connectivity index (χ0v) is 6.05. The van der Waals surface area contributed by atoms with Crippen molar-refractivity contribution in [3.05, 3.63) is 0 Å². The average Bonchev–Trinajstić information content (AvgIpc) is 1.87. The van der Waals surface area contributed by atoms with Gasteiger partial charge in [-0.1, -0.05) is 13.8 Å². The molecule has 0 saturated heterocycles. The van der Waals surface area contributed by atoms with Crippen LogP contribution < -0.4 is 5.84 Å². The lowest BCUT2D eigenvalue weighted by Crippen LogP contribution is -2.37. The van der Waals surface area contributed by atoms with Crippen molar-refractivity contribution in [1.29, 1.82) is 0 Å². The lowest BCUT2D eigenvalue weighted by atomic mass is 10.4. The van der Waals surface area contributed by atoms with E-state index in [2.05, 4.69) is 0 Å². The van der Waals surface area contributed by atoms with Crippen molar-refractivity contribution in [3.63, 3.8) is 0 Å². The van der Waals surface area contributed by atoms with E-state index in [-0.39, 0.29) is 5.91 Å². The van der Waals surface area contributed by atoms with E-state index in [0.717, 1.165) is 6.42 Å². The van der Waals surface area contributed by atoms with Gasteiger partial charge < -0.3 is 0 Å². The standard InChI is InChI=1S/C6H14N2O/c1-3-5-8(7)6(9)4-2/h3-5,7H2,1-2H3. The van der Waals surface area contributed by atoms with E-state index in [1.807, 2.05) is 6.92 Å². The summed E-state index contributed by atoms with van der Waals surface area (Å²) in [5.41, 5.74) is 0. The van der Waals surface area contributed by atoms with Crippen LogP contribution in [0, 0.1) is 0 Å². The van der Waals surface area contributed by atoms with Crippen molar-refractivity contribution >= 4 is 5.91 Å². The molecule has 2 N–H and O–H groups in total. The van der Waals surface area contributed by atoms with Gasteiger partial charge in [0.25, 0.3) is 0 Å². The molecule has 0 aromatic heterocycles. The first-order valence-electron chi connectivity index (χ1n) is 3.27. The summed E-state index contributed by atoms with van der Waals surface area (Å²) >= 11 is 0. The van der Waals surface area contributed by atoms with Crippen LogP contribution in [-0.4, -0.2) is 17.5 Å². The molecular formula is C6H14N2O. The van der Waals surface area contributed by atoms with Crippen molar-refractivity contribution in [2.75, 3.05) is 6.54 Å². The topological polar surface area (TPSA) is 46.3 Å². The molecule has 3 nitrogen and oxygen atoms in total. The number of nitrogens with two attached hydrogens (primary N) is 1. The minimum absolute atomic E-state index is 0.0110. The summed E-state index contributed by atoms with van der Waals surface area (Å²) in [5.74, 6) is 5.33. The third-order valence-corrected chi connectivity index (χ3v) is 1.09. The van der Waals surface area contributed by atoms with Crippen molar-refractivity contribution < 1.29 is 4.79 Å². The molecule has 0 aliphatic heterocycles. The van der Waals surface area contributed by atoms with Crippen LogP contribution >= 0.6 is 0 Å². The normalized spacial score (nSPS) is 9.22. The monoisotopic (exact) mass is 130 g/mol. The van der Waals surface area contributed by atoms with E-state index >= 15 is 0 Å². The van der Waals surface area contributed by atoms with Crippen LogP contribution in [0.3, 0.4) is 0 Å². The highest BCUT2D eigenvalue weighted by molar-refractivity contribution is 5.74. The molecule has 0 fully saturated rings. The summed E-state index contributed by atoms with van der Waals surface area (Å²) < 4.78 is 0. The highest BCUT2D eigenvalue weighted by atomic mass is 16.2. The van der Waals surface area contributed by atoms with Gasteiger partial charge in [0.15, 0.2) is 0 Å². The van der Waals surface area contributed by atoms with Gasteiger partial charge in [-0.3, -0.25) is 9.80 Å². The molecule has 0 atom stereocenters. The largest absolute Gasteiger partial charge is 0.281 e. The number of nitrogens with zero attached hydrogens (tertiary/aromatic N) is 1. The van der Waals surface area contributed by atoms with Crippen molar-refractivity contribution in [3.8, 4) is 0 Å². The third-order valence-electron chi connectivity index (χ3n) is 1.09. The summed E-state index contributed by atoms with van der Waals surface area (Å²) in [6, 6.07) is 0. The van der Waals surface area contributed by atoms with Gasteiger partial charge in [-0.25, -0.2) is 5.84 Å². The molecular weight excluding hydrogens is 116 g/mol. The molecule has 54 valence electrons. The number of hydrazine groups is 1. The van der Waals surface area contributed by atoms with Crippen LogP contribution in [0.25, 0.3) is 0 Å². The van der Waals surface area contributed by atoms with Crippen LogP contribution in [0.4, 0.5) is 0 Å². The Bertz CT molecular complexity index is 93.1. The van der Waals surface area contributed by atoms with Gasteiger partial charge in [-0.05, 0) is 6.42 Å². The van der Waals surface area contributed by atoms with E-state index in [4.69, 9.17) is 5.84 Å². The van der Waals surface area contributed by atoms with Crippen molar-refractivity contribution in [1.82, 2.24) is 5.01 Å². The molecule has 0 bridgehead atoms. The molecule has 0 aromatic carbocycles. The SMILES string of the molecule is CCCN(N)C(=O)CC. The second kappa shape index (κ2) is 4.32. The smallest absolute Gasteiger partial charge is 0.236 e. The summed E-state index contributed by atoms with van der Waals surface area (Å²) in [7, 11) is 0. The van der Waals surface area contributed by atoms with E-state index in [1.54, 1.807) is 6.92 Å². The number of carbonyl (C=O) groups excluding carboxylic acids is 1. The maximum Gasteiger partial charge on any atom is 0.236 e. The second-order valence-electron chi connectivity index (χ2n) is 1.94. The van der Waals surface area contributed by atoms with E-state index in [1.165, 1.54) is 5.01 Å². The number of hydrogen-bond acceptors (Lipinski definition) is 2. The molecule has 0 heterocycles. The van der Waals surface area contributed by atoms with Crippen molar-refractivity contribution in [2.24, 2.45) is 5.84 Å². The molecule has 0 rings (SSSR count). The summed E-state index contributed by atoms with van der Waals surface area (Å²) in [6.45, 7) is 4.45. The highest BCUT2D eigenvalue weighted by Gasteiger charge is 2.02. The van der Waals surface area contributed by atoms with E-state index < -0.39 is 0 Å². The zero-order valence-electron chi connectivity index (χ0n) is 6.05. The number of amides is 1. The minimum Gasteiger partial charge on any atom is -0.281 e. The lowest BCUT2D eigenvalue weighted by molar-refractivity contribution is -0.131. The van der Waals surface area contributed by atoms with Crippen LogP contribution in [0.2, 0.25) is 0 Å². The first kappa shape index (κ1) is 8.43. The number of hydrogen-bond donors (Lipinski definition) is 1. The zero-order chi connectivity index (χ0) is 7.28. The van der Waals surface area contributed by atoms with Crippen LogP contribution in [0.15, 0.2) is 0 Å². The molecule has 9 heavy (non-hydrogen) atoms. The first-order chi connectivity index (χ1) is 4.22. The highest BCUT2D eigenvalue weighted by Crippen LogP contribution is 1.87. The molecule has 0 aliphatic rings. The quantitative estimate of drug-likeness (QED) is 0.343. The Morgan fingerprint density at radius 3 is 2.44 bits per heavy atom. The molecule has 0 saturated carbocycles. The minimum atomic E-state index is 0.0110. The van der Waals surface area contributed by atoms with Gasteiger partial charge >= 0.3 is 0 Å². The summed E-state index contributed by atoms with van der Waals surface area (Å²) in [4.78, 5) is 10.7. The van der Waals surface area contributed by atoms with Crippen LogP contribution in [0.5, 0.6) is 0 Å². The number of rotatable bonds is 3. The molecule has 0 aromatic rings. The molecule has 3 heteroatoms. The van der Waals surface area contributed by atoms with Crippen LogP contribution in [0.1, 0.15) is 26.7 Å². The Morgan fingerprint density at radius 1 is 1.56 bits per heavy atom. The Labute approximate surface area is 55.8 Å². The van der Waals surface area contributed by atoms with Gasteiger partial charge in [-0.15, -0.1) is 0 Å². The fraction of sp³-hybridized carbons (Fsp3) is 0.833. The summed E-state index contributed by atoms with van der Waals surface area (Å²) in [5, 5.41) is 1.26. The van der Waals surface area contributed by atoms with E-state index in [9.17, 15) is 4.79 Å². The van der Waals surface area contributed by atoms with Gasteiger partial charge in [0, 0.05) is 13.0 Å². The first-order valence-corrected chi connectivity index (χ1v) is 3.27. The predicted octanol–water partition coefficient (Wildman–Crippen LogP) is 0.509. The predicted molar refractivity (Wildman–Crippen MR) is 36.5 cm³/mol. The molecule has 0 spiro atoms. The summed E-state index contributed by atoms with van der Waals surface area (Å²) in [6.07, 6.45) is 1.42. The Hall–Kier alpha value is -0.570. The van der Waals surface area contributed by atoms with Crippen LogP contribution in [-0.2, 0) is 4.79 Å². The Balaban J connectivity index is 3.45.